The fourth-order valence-corrected chi connectivity index (χ4v) is 3.00. The SMILES string of the molecule is CCOc1ccc(C(=O)N2CCN(c3ccc(-n4cncn4)nn3)CC2)cn1. The molecule has 4 rings (SSSR count). The van der Waals surface area contributed by atoms with Crippen LogP contribution in [0.3, 0.4) is 0 Å². The molecule has 1 aliphatic rings. The molecule has 10 nitrogen and oxygen atoms in total. The number of carbonyl (C=O) groups excluding carboxylic acids is 1. The molecular formula is C18H20N8O2. The third-order valence-electron chi connectivity index (χ3n) is 4.46. The summed E-state index contributed by atoms with van der Waals surface area (Å²) >= 11 is 0. The Kier molecular flexibility index (Phi) is 5.09. The highest BCUT2D eigenvalue weighted by molar-refractivity contribution is 5.94. The lowest BCUT2D eigenvalue weighted by Crippen LogP contribution is -2.49. The van der Waals surface area contributed by atoms with Crippen LogP contribution in [0.15, 0.2) is 43.1 Å². The number of hydrogen-bond donors (Lipinski definition) is 0. The van der Waals surface area contributed by atoms with Crippen LogP contribution in [0.1, 0.15) is 17.3 Å². The summed E-state index contributed by atoms with van der Waals surface area (Å²) in [7, 11) is 0. The number of hydrogen-bond acceptors (Lipinski definition) is 8. The summed E-state index contributed by atoms with van der Waals surface area (Å²) in [6.07, 6.45) is 4.59. The van der Waals surface area contributed by atoms with Crippen molar-refractivity contribution in [3.63, 3.8) is 0 Å². The molecule has 1 amide bonds. The minimum Gasteiger partial charge on any atom is -0.478 e. The van der Waals surface area contributed by atoms with Gasteiger partial charge in [0.25, 0.3) is 5.91 Å². The standard InChI is InChI=1S/C18H20N8O2/c1-2-28-17-6-3-14(11-20-17)18(27)25-9-7-24(8-10-25)15-4-5-16(23-22-15)26-13-19-12-21-26/h3-6,11-13H,2,7-10H2,1H3. The van der Waals surface area contributed by atoms with Gasteiger partial charge in [-0.25, -0.2) is 14.6 Å². The molecule has 1 fully saturated rings. The van der Waals surface area contributed by atoms with Crippen molar-refractivity contribution in [1.82, 2.24) is 34.8 Å². The molecule has 0 spiro atoms. The van der Waals surface area contributed by atoms with Gasteiger partial charge in [0.15, 0.2) is 11.6 Å². The van der Waals surface area contributed by atoms with Crippen LogP contribution in [-0.2, 0) is 0 Å². The molecule has 0 radical (unpaired) electrons. The van der Waals surface area contributed by atoms with E-state index in [0.29, 0.717) is 50.0 Å². The largest absolute Gasteiger partial charge is 0.478 e. The molecule has 0 saturated carbocycles. The van der Waals surface area contributed by atoms with E-state index in [-0.39, 0.29) is 5.91 Å². The maximum atomic E-state index is 12.7. The van der Waals surface area contributed by atoms with E-state index >= 15 is 0 Å². The summed E-state index contributed by atoms with van der Waals surface area (Å²) in [5.74, 6) is 1.89. The van der Waals surface area contributed by atoms with Gasteiger partial charge in [-0.3, -0.25) is 4.79 Å². The summed E-state index contributed by atoms with van der Waals surface area (Å²) in [4.78, 5) is 24.7. The summed E-state index contributed by atoms with van der Waals surface area (Å²) in [6, 6.07) is 7.22. The minimum absolute atomic E-state index is 0.0252. The van der Waals surface area contributed by atoms with Crippen LogP contribution in [0.4, 0.5) is 5.82 Å². The number of carbonyl (C=O) groups is 1. The highest BCUT2D eigenvalue weighted by atomic mass is 16.5. The van der Waals surface area contributed by atoms with Crippen LogP contribution in [0, 0.1) is 0 Å². The second-order valence-corrected chi connectivity index (χ2v) is 6.19. The van der Waals surface area contributed by atoms with Crippen molar-refractivity contribution < 1.29 is 9.53 Å². The first-order valence-electron chi connectivity index (χ1n) is 9.06. The van der Waals surface area contributed by atoms with Crippen molar-refractivity contribution in [2.45, 2.75) is 6.92 Å². The minimum atomic E-state index is -0.0252. The smallest absolute Gasteiger partial charge is 0.255 e. The number of rotatable bonds is 5. The van der Waals surface area contributed by atoms with Gasteiger partial charge in [0.1, 0.15) is 12.7 Å². The van der Waals surface area contributed by atoms with Crippen molar-refractivity contribution in [2.75, 3.05) is 37.7 Å². The van der Waals surface area contributed by atoms with Gasteiger partial charge < -0.3 is 14.5 Å². The second-order valence-electron chi connectivity index (χ2n) is 6.19. The molecule has 28 heavy (non-hydrogen) atoms. The normalized spacial score (nSPS) is 14.2. The van der Waals surface area contributed by atoms with Crippen molar-refractivity contribution >= 4 is 11.7 Å². The monoisotopic (exact) mass is 380 g/mol. The Morgan fingerprint density at radius 2 is 1.86 bits per heavy atom. The van der Waals surface area contributed by atoms with E-state index in [4.69, 9.17) is 4.74 Å². The number of ether oxygens (including phenoxy) is 1. The Morgan fingerprint density at radius 1 is 1.07 bits per heavy atom. The lowest BCUT2D eigenvalue weighted by molar-refractivity contribution is 0.0746. The van der Waals surface area contributed by atoms with E-state index in [2.05, 4.69) is 30.2 Å². The van der Waals surface area contributed by atoms with Crippen LogP contribution < -0.4 is 9.64 Å². The zero-order valence-electron chi connectivity index (χ0n) is 15.5. The Hall–Kier alpha value is -3.56. The summed E-state index contributed by atoms with van der Waals surface area (Å²) in [5.41, 5.74) is 0.564. The average molecular weight is 380 g/mol. The number of nitrogens with zero attached hydrogens (tertiary/aromatic N) is 8. The molecule has 0 atom stereocenters. The molecule has 0 N–H and O–H groups in total. The molecule has 10 heteroatoms. The average Bonchev–Trinajstić information content (AvgIpc) is 3.29. The number of anilines is 1. The lowest BCUT2D eigenvalue weighted by atomic mass is 10.2. The van der Waals surface area contributed by atoms with Crippen molar-refractivity contribution in [1.29, 1.82) is 0 Å². The van der Waals surface area contributed by atoms with Gasteiger partial charge in [-0.2, -0.15) is 5.10 Å². The van der Waals surface area contributed by atoms with E-state index in [1.165, 1.54) is 6.33 Å². The third-order valence-corrected chi connectivity index (χ3v) is 4.46. The number of piperazine rings is 1. The third kappa shape index (κ3) is 3.75. The quantitative estimate of drug-likeness (QED) is 0.641. The Bertz CT molecular complexity index is 904. The first-order chi connectivity index (χ1) is 13.7. The molecule has 1 saturated heterocycles. The Morgan fingerprint density at radius 3 is 2.46 bits per heavy atom. The van der Waals surface area contributed by atoms with E-state index < -0.39 is 0 Å². The molecule has 0 bridgehead atoms. The van der Waals surface area contributed by atoms with Gasteiger partial charge >= 0.3 is 0 Å². The van der Waals surface area contributed by atoms with Gasteiger partial charge in [0.05, 0.1) is 12.2 Å². The van der Waals surface area contributed by atoms with Crippen LogP contribution >= 0.6 is 0 Å². The number of amides is 1. The van der Waals surface area contributed by atoms with Crippen LogP contribution in [0.5, 0.6) is 5.88 Å². The summed E-state index contributed by atoms with van der Waals surface area (Å²) < 4.78 is 6.87. The topological polar surface area (TPSA) is 102 Å². The molecule has 0 unspecified atom stereocenters. The molecule has 144 valence electrons. The van der Waals surface area contributed by atoms with Gasteiger partial charge in [0, 0.05) is 38.4 Å². The number of aromatic nitrogens is 6. The Labute approximate surface area is 161 Å². The summed E-state index contributed by atoms with van der Waals surface area (Å²) in [5, 5.41) is 12.5. The van der Waals surface area contributed by atoms with E-state index in [1.54, 1.807) is 29.3 Å². The first-order valence-corrected chi connectivity index (χ1v) is 9.06. The van der Waals surface area contributed by atoms with Crippen molar-refractivity contribution in [3.8, 4) is 11.7 Å². The summed E-state index contributed by atoms with van der Waals surface area (Å²) in [6.45, 7) is 5.04. The molecule has 0 aromatic carbocycles. The predicted molar refractivity (Wildman–Crippen MR) is 100 cm³/mol. The van der Waals surface area contributed by atoms with E-state index in [0.717, 1.165) is 5.82 Å². The van der Waals surface area contributed by atoms with Crippen LogP contribution in [-0.4, -0.2) is 73.5 Å². The fraction of sp³-hybridized carbons (Fsp3) is 0.333. The van der Waals surface area contributed by atoms with Gasteiger partial charge in [-0.1, -0.05) is 0 Å². The predicted octanol–water partition coefficient (Wildman–Crippen LogP) is 0.813. The molecule has 3 aromatic heterocycles. The zero-order valence-corrected chi connectivity index (χ0v) is 15.5. The van der Waals surface area contributed by atoms with Crippen molar-refractivity contribution in [2.24, 2.45) is 0 Å². The molecular weight excluding hydrogens is 360 g/mol. The fourth-order valence-electron chi connectivity index (χ4n) is 3.00. The van der Waals surface area contributed by atoms with Gasteiger partial charge in [-0.05, 0) is 25.1 Å². The highest BCUT2D eigenvalue weighted by Gasteiger charge is 2.23. The van der Waals surface area contributed by atoms with Crippen LogP contribution in [0.25, 0.3) is 5.82 Å². The molecule has 0 aliphatic carbocycles. The molecule has 1 aliphatic heterocycles. The highest BCUT2D eigenvalue weighted by Crippen LogP contribution is 2.16. The first kappa shape index (κ1) is 17.8. The lowest BCUT2D eigenvalue weighted by Gasteiger charge is -2.35. The maximum Gasteiger partial charge on any atom is 0.255 e. The van der Waals surface area contributed by atoms with Crippen LogP contribution in [0.2, 0.25) is 0 Å². The van der Waals surface area contributed by atoms with Gasteiger partial charge in [0.2, 0.25) is 5.88 Å². The zero-order chi connectivity index (χ0) is 19.3. The van der Waals surface area contributed by atoms with Gasteiger partial charge in [-0.15, -0.1) is 10.2 Å². The second kappa shape index (κ2) is 7.99. The maximum absolute atomic E-state index is 12.7. The van der Waals surface area contributed by atoms with Crippen molar-refractivity contribution in [3.05, 3.63) is 48.7 Å². The van der Waals surface area contributed by atoms with E-state index in [9.17, 15) is 4.79 Å². The Balaban J connectivity index is 1.35. The molecule has 3 aromatic rings. The molecule has 4 heterocycles. The van der Waals surface area contributed by atoms with E-state index in [1.807, 2.05) is 24.0 Å². The number of pyridine rings is 1.